The van der Waals surface area contributed by atoms with Gasteiger partial charge in [-0.2, -0.15) is 0 Å². The maximum absolute atomic E-state index is 13.9. The molecule has 9 atom stereocenters. The first-order valence-electron chi connectivity index (χ1n) is 17.5. The summed E-state index contributed by atoms with van der Waals surface area (Å²) in [6, 6.07) is 0. The second-order valence-corrected chi connectivity index (χ2v) is 17.7. The molecule has 232 valence electrons. The van der Waals surface area contributed by atoms with Crippen LogP contribution in [0.4, 0.5) is 0 Å². The summed E-state index contributed by atoms with van der Waals surface area (Å²) in [5.74, 6) is 3.38. The fourth-order valence-electron chi connectivity index (χ4n) is 12.7. The van der Waals surface area contributed by atoms with Crippen LogP contribution >= 0.6 is 0 Å². The maximum atomic E-state index is 13.9. The molecule has 5 fully saturated rings. The predicted octanol–water partition coefficient (Wildman–Crippen LogP) is 7.21. The molecule has 0 aromatic heterocycles. The van der Waals surface area contributed by atoms with Crippen LogP contribution in [0, 0.1) is 56.7 Å². The molecule has 0 aromatic rings. The molecule has 5 aliphatic carbocycles. The molecule has 6 aliphatic rings. The van der Waals surface area contributed by atoms with Crippen molar-refractivity contribution in [1.29, 1.82) is 0 Å². The maximum Gasteiger partial charge on any atom is 0.160 e. The number of carbonyl (C=O) groups is 1. The first-order chi connectivity index (χ1) is 19.1. The Balaban J connectivity index is 1.37. The summed E-state index contributed by atoms with van der Waals surface area (Å²) in [5, 5.41) is 12.2. The molecule has 1 saturated heterocycles. The Morgan fingerprint density at radius 3 is 2.20 bits per heavy atom. The Labute approximate surface area is 252 Å². The summed E-state index contributed by atoms with van der Waals surface area (Å²) in [7, 11) is 2.19. The van der Waals surface area contributed by atoms with E-state index in [9.17, 15) is 9.90 Å². The van der Waals surface area contributed by atoms with Crippen molar-refractivity contribution in [3.05, 3.63) is 11.1 Å². The topological polar surface area (TPSA) is 43.8 Å². The van der Waals surface area contributed by atoms with Crippen LogP contribution in [-0.2, 0) is 4.79 Å². The van der Waals surface area contributed by atoms with Gasteiger partial charge in [-0.05, 0) is 115 Å². The van der Waals surface area contributed by atoms with Crippen molar-refractivity contribution in [1.82, 2.24) is 9.80 Å². The number of piperazine rings is 1. The number of ketones is 1. The highest BCUT2D eigenvalue weighted by atomic mass is 16.3. The Morgan fingerprint density at radius 1 is 0.854 bits per heavy atom. The van der Waals surface area contributed by atoms with E-state index in [-0.39, 0.29) is 22.2 Å². The van der Waals surface area contributed by atoms with Crippen molar-refractivity contribution in [2.24, 2.45) is 56.7 Å². The number of hydrogen-bond acceptors (Lipinski definition) is 4. The van der Waals surface area contributed by atoms with Crippen LogP contribution in [0.3, 0.4) is 0 Å². The van der Waals surface area contributed by atoms with Gasteiger partial charge in [-0.15, -0.1) is 0 Å². The zero-order chi connectivity index (χ0) is 29.8. The molecule has 6 rings (SSSR count). The lowest BCUT2D eigenvalue weighted by molar-refractivity contribution is -0.222. The Morgan fingerprint density at radius 2 is 1.54 bits per heavy atom. The van der Waals surface area contributed by atoms with E-state index in [1.54, 1.807) is 0 Å². The molecule has 0 aromatic carbocycles. The molecule has 0 amide bonds. The highest BCUT2D eigenvalue weighted by Crippen LogP contribution is 2.77. The third-order valence-corrected chi connectivity index (χ3v) is 15.7. The summed E-state index contributed by atoms with van der Waals surface area (Å²) in [6.07, 6.45) is 10.2. The fourth-order valence-corrected chi connectivity index (χ4v) is 12.7. The van der Waals surface area contributed by atoms with Crippen molar-refractivity contribution in [3.8, 4) is 0 Å². The summed E-state index contributed by atoms with van der Waals surface area (Å²) < 4.78 is 0. The Hall–Kier alpha value is -0.710. The van der Waals surface area contributed by atoms with Gasteiger partial charge in [0.25, 0.3) is 0 Å². The summed E-state index contributed by atoms with van der Waals surface area (Å²) in [6.45, 7) is 25.1. The predicted molar refractivity (Wildman–Crippen MR) is 169 cm³/mol. The number of likely N-dealkylation sites (N-methyl/N-ethyl adjacent to an activating group) is 1. The SMILES string of the molecule is CC(C)C1=C2[C@H]3CC[C@@H]4[C@@]5(C)CC[C@H](C)C(C)(C)[C@@H]5CC[C@@]4(C)[C@]3(C)CC[C@@]2(C(O)CN2CCN(C)CC2)CC1=O. The van der Waals surface area contributed by atoms with Crippen LogP contribution in [0.5, 0.6) is 0 Å². The molecule has 1 N–H and O–H groups in total. The third kappa shape index (κ3) is 4.11. The number of rotatable bonds is 4. The zero-order valence-corrected chi connectivity index (χ0v) is 28.1. The second-order valence-electron chi connectivity index (χ2n) is 17.7. The van der Waals surface area contributed by atoms with E-state index in [1.807, 2.05) is 0 Å². The van der Waals surface area contributed by atoms with E-state index >= 15 is 0 Å². The molecule has 0 spiro atoms. The minimum atomic E-state index is -0.454. The molecule has 1 aliphatic heterocycles. The minimum Gasteiger partial charge on any atom is -0.391 e. The van der Waals surface area contributed by atoms with Crippen LogP contribution in [0.1, 0.15) is 113 Å². The summed E-state index contributed by atoms with van der Waals surface area (Å²) in [5.41, 5.74) is 3.50. The number of aliphatic hydroxyl groups excluding tert-OH is 1. The Bertz CT molecular complexity index is 1090. The molecule has 41 heavy (non-hydrogen) atoms. The van der Waals surface area contributed by atoms with E-state index in [0.717, 1.165) is 62.3 Å². The smallest absolute Gasteiger partial charge is 0.160 e. The Kier molecular flexibility index (Phi) is 7.32. The lowest BCUT2D eigenvalue weighted by Crippen LogP contribution is -2.65. The molecular weight excluding hydrogens is 504 g/mol. The van der Waals surface area contributed by atoms with E-state index in [4.69, 9.17) is 0 Å². The van der Waals surface area contributed by atoms with Gasteiger partial charge in [0, 0.05) is 44.6 Å². The van der Waals surface area contributed by atoms with E-state index in [2.05, 4.69) is 72.2 Å². The van der Waals surface area contributed by atoms with Gasteiger partial charge >= 0.3 is 0 Å². The van der Waals surface area contributed by atoms with Gasteiger partial charge in [-0.1, -0.05) is 61.0 Å². The average molecular weight is 567 g/mol. The van der Waals surface area contributed by atoms with Crippen molar-refractivity contribution in [3.63, 3.8) is 0 Å². The van der Waals surface area contributed by atoms with Crippen LogP contribution in [-0.4, -0.2) is 66.6 Å². The van der Waals surface area contributed by atoms with Gasteiger partial charge in [0.2, 0.25) is 0 Å². The van der Waals surface area contributed by atoms with Gasteiger partial charge in [0.05, 0.1) is 6.10 Å². The van der Waals surface area contributed by atoms with Gasteiger partial charge < -0.3 is 10.0 Å². The van der Waals surface area contributed by atoms with Crippen molar-refractivity contribution < 1.29 is 9.90 Å². The van der Waals surface area contributed by atoms with Crippen molar-refractivity contribution in [2.45, 2.75) is 119 Å². The van der Waals surface area contributed by atoms with Crippen LogP contribution in [0.2, 0.25) is 0 Å². The van der Waals surface area contributed by atoms with Crippen LogP contribution in [0.25, 0.3) is 0 Å². The minimum absolute atomic E-state index is 0.189. The molecule has 0 bridgehead atoms. The molecular formula is C37H62N2O2. The number of Topliss-reactive ketones (excluding diaryl/α,β-unsaturated/α-hetero) is 1. The molecule has 1 unspecified atom stereocenters. The standard InChI is InChI=1S/C37H62N2O2/c1-24(2)31-27(40)22-37(30(41)23-39-20-18-38(9)19-21-39)17-16-35(7)26(32(31)37)10-11-29-34(6)14-12-25(3)33(4,5)28(34)13-15-36(29,35)8/h24-26,28-30,41H,10-23H2,1-9H3/t25-,26+,28-,29+,30?,34-,35+,36+,37-/m0/s1. The average Bonchev–Trinajstić information content (AvgIpc) is 3.21. The number of hydrogen-bond donors (Lipinski definition) is 1. The summed E-state index contributed by atoms with van der Waals surface area (Å²) >= 11 is 0. The number of aliphatic hydroxyl groups is 1. The second kappa shape index (κ2) is 9.90. The number of allylic oxidation sites excluding steroid dienone is 1. The van der Waals surface area contributed by atoms with E-state index < -0.39 is 6.10 Å². The number of fused-ring (bicyclic) bond motifs is 7. The van der Waals surface area contributed by atoms with Crippen LogP contribution in [0.15, 0.2) is 11.1 Å². The fraction of sp³-hybridized carbons (Fsp3) is 0.919. The van der Waals surface area contributed by atoms with Gasteiger partial charge in [-0.3, -0.25) is 9.69 Å². The van der Waals surface area contributed by atoms with Crippen LogP contribution < -0.4 is 0 Å². The molecule has 0 radical (unpaired) electrons. The quantitative estimate of drug-likeness (QED) is 0.390. The monoisotopic (exact) mass is 566 g/mol. The summed E-state index contributed by atoms with van der Waals surface area (Å²) in [4.78, 5) is 18.8. The number of carbonyl (C=O) groups excluding carboxylic acids is 1. The molecule has 4 saturated carbocycles. The molecule has 1 heterocycles. The molecule has 4 nitrogen and oxygen atoms in total. The van der Waals surface area contributed by atoms with Gasteiger partial charge in [0.15, 0.2) is 5.78 Å². The molecule has 4 heteroatoms. The third-order valence-electron chi connectivity index (χ3n) is 15.7. The zero-order valence-electron chi connectivity index (χ0n) is 28.1. The lowest BCUT2D eigenvalue weighted by atomic mass is 9.32. The first kappa shape index (κ1) is 30.3. The van der Waals surface area contributed by atoms with Gasteiger partial charge in [-0.25, -0.2) is 0 Å². The van der Waals surface area contributed by atoms with E-state index in [0.29, 0.717) is 35.5 Å². The highest BCUT2D eigenvalue weighted by Gasteiger charge is 2.70. The van der Waals surface area contributed by atoms with E-state index in [1.165, 1.54) is 44.1 Å². The largest absolute Gasteiger partial charge is 0.391 e. The number of β-amino-alcohol motifs (C(OH)–C–C–N with tert-alkyl or cyclic N) is 1. The normalized spacial score (nSPS) is 47.5. The van der Waals surface area contributed by atoms with Gasteiger partial charge in [0.1, 0.15) is 0 Å². The number of nitrogens with zero attached hydrogens (tertiary/aromatic N) is 2. The lowest BCUT2D eigenvalue weighted by Gasteiger charge is -2.72. The highest BCUT2D eigenvalue weighted by molar-refractivity contribution is 6.00. The van der Waals surface area contributed by atoms with Crippen molar-refractivity contribution in [2.75, 3.05) is 39.8 Å². The van der Waals surface area contributed by atoms with Crippen molar-refractivity contribution >= 4 is 5.78 Å². The first-order valence-corrected chi connectivity index (χ1v) is 17.5.